The van der Waals surface area contributed by atoms with Crippen LogP contribution in [0.4, 0.5) is 10.1 Å². The molecule has 1 heterocycles. The number of para-hydroxylation sites is 1. The van der Waals surface area contributed by atoms with Crippen LogP contribution in [-0.2, 0) is 12.8 Å². The molecule has 6 heteroatoms. The van der Waals surface area contributed by atoms with Crippen LogP contribution in [-0.4, -0.2) is 24.0 Å². The van der Waals surface area contributed by atoms with E-state index in [1.807, 2.05) is 0 Å². The highest BCUT2D eigenvalue weighted by molar-refractivity contribution is 5.94. The number of pyridine rings is 1. The second-order valence-corrected chi connectivity index (χ2v) is 8.95. The Labute approximate surface area is 208 Å². The van der Waals surface area contributed by atoms with Crippen molar-refractivity contribution in [1.82, 2.24) is 10.3 Å². The molecule has 1 aliphatic carbocycles. The Bertz CT molecular complexity index is 1070. The van der Waals surface area contributed by atoms with Crippen molar-refractivity contribution in [1.29, 1.82) is 0 Å². The first kappa shape index (κ1) is 26.0. The Morgan fingerprint density at radius 3 is 2.32 bits per heavy atom. The Kier molecular flexibility index (Phi) is 10.1. The van der Waals surface area contributed by atoms with E-state index >= 15 is 0 Å². The molecule has 0 atom stereocenters. The molecule has 1 aromatic heterocycles. The number of carbonyl (C=O) groups excluding carboxylic acids is 1. The van der Waals surface area contributed by atoms with E-state index in [2.05, 4.69) is 34.9 Å². The molecule has 34 heavy (non-hydrogen) atoms. The van der Waals surface area contributed by atoms with Crippen LogP contribution in [0.1, 0.15) is 73.0 Å². The van der Waals surface area contributed by atoms with Gasteiger partial charge in [-0.15, -0.1) is 12.4 Å². The summed E-state index contributed by atoms with van der Waals surface area (Å²) in [5, 5.41) is 7.91. The van der Waals surface area contributed by atoms with Crippen LogP contribution < -0.4 is 10.6 Å². The molecule has 2 aromatic carbocycles. The van der Waals surface area contributed by atoms with Gasteiger partial charge in [0, 0.05) is 35.4 Å². The first-order valence-corrected chi connectivity index (χ1v) is 12.4. The predicted octanol–water partition coefficient (Wildman–Crippen LogP) is 6.86. The van der Waals surface area contributed by atoms with Crippen molar-refractivity contribution in [2.24, 2.45) is 0 Å². The molecule has 4 rings (SSSR count). The summed E-state index contributed by atoms with van der Waals surface area (Å²) < 4.78 is 12.9. The molecule has 0 saturated heterocycles. The maximum atomic E-state index is 12.9. The van der Waals surface area contributed by atoms with E-state index in [0.717, 1.165) is 44.2 Å². The number of nitrogens with one attached hydrogen (secondary N) is 2. The zero-order valence-corrected chi connectivity index (χ0v) is 20.6. The van der Waals surface area contributed by atoms with Crippen LogP contribution in [0.25, 0.3) is 10.9 Å². The largest absolute Gasteiger partial charge is 0.384 e. The van der Waals surface area contributed by atoms with E-state index in [0.29, 0.717) is 12.1 Å². The van der Waals surface area contributed by atoms with E-state index in [1.54, 1.807) is 0 Å². The van der Waals surface area contributed by atoms with Gasteiger partial charge in [0.25, 0.3) is 5.91 Å². The lowest BCUT2D eigenvalue weighted by Crippen LogP contribution is -2.24. The number of hydrogen-bond acceptors (Lipinski definition) is 3. The number of unbranched alkanes of at least 4 members (excludes halogenated alkanes) is 5. The average molecular weight is 484 g/mol. The van der Waals surface area contributed by atoms with Crippen molar-refractivity contribution in [2.45, 2.75) is 64.2 Å². The number of hydrogen-bond donors (Lipinski definition) is 2. The minimum absolute atomic E-state index is 0. The molecular weight excluding hydrogens is 449 g/mol. The Balaban J connectivity index is 0.00000324. The van der Waals surface area contributed by atoms with Gasteiger partial charge in [-0.3, -0.25) is 9.78 Å². The molecule has 1 amide bonds. The van der Waals surface area contributed by atoms with E-state index in [-0.39, 0.29) is 24.1 Å². The monoisotopic (exact) mass is 483 g/mol. The normalized spacial score (nSPS) is 12.6. The van der Waals surface area contributed by atoms with Gasteiger partial charge in [-0.25, -0.2) is 4.39 Å². The zero-order chi connectivity index (χ0) is 22.9. The maximum absolute atomic E-state index is 12.9. The lowest BCUT2D eigenvalue weighted by molar-refractivity contribution is 0.0953. The van der Waals surface area contributed by atoms with Crippen molar-refractivity contribution in [3.8, 4) is 0 Å². The lowest BCUT2D eigenvalue weighted by atomic mass is 9.92. The molecule has 0 saturated carbocycles. The van der Waals surface area contributed by atoms with E-state index in [1.165, 1.54) is 78.7 Å². The number of anilines is 1. The van der Waals surface area contributed by atoms with Crippen molar-refractivity contribution in [3.05, 3.63) is 71.2 Å². The van der Waals surface area contributed by atoms with Crippen LogP contribution >= 0.6 is 12.4 Å². The summed E-state index contributed by atoms with van der Waals surface area (Å²) >= 11 is 0. The number of benzene rings is 2. The number of aryl methyl sites for hydroxylation is 1. The molecule has 1 aliphatic rings. The molecular formula is C28H35ClFN3O. The van der Waals surface area contributed by atoms with Gasteiger partial charge in [0.2, 0.25) is 0 Å². The van der Waals surface area contributed by atoms with Gasteiger partial charge < -0.3 is 10.6 Å². The van der Waals surface area contributed by atoms with Gasteiger partial charge in [-0.2, -0.15) is 0 Å². The molecule has 0 unspecified atom stereocenters. The Morgan fingerprint density at radius 1 is 0.853 bits per heavy atom. The summed E-state index contributed by atoms with van der Waals surface area (Å²) in [6.07, 6.45) is 11.6. The summed E-state index contributed by atoms with van der Waals surface area (Å²) in [6.45, 7) is 1.66. The van der Waals surface area contributed by atoms with E-state index < -0.39 is 0 Å². The minimum atomic E-state index is -0.324. The quantitative estimate of drug-likeness (QED) is 0.293. The number of rotatable bonds is 11. The first-order chi connectivity index (χ1) is 16.2. The van der Waals surface area contributed by atoms with E-state index in [4.69, 9.17) is 4.98 Å². The van der Waals surface area contributed by atoms with Crippen LogP contribution in [0, 0.1) is 5.82 Å². The smallest absolute Gasteiger partial charge is 0.251 e. The molecule has 0 aliphatic heterocycles. The summed E-state index contributed by atoms with van der Waals surface area (Å²) in [5.41, 5.74) is 5.64. The zero-order valence-electron chi connectivity index (χ0n) is 19.7. The van der Waals surface area contributed by atoms with Gasteiger partial charge in [0.15, 0.2) is 0 Å². The molecule has 0 bridgehead atoms. The molecule has 182 valence electrons. The number of amides is 1. The van der Waals surface area contributed by atoms with Crippen LogP contribution in [0.2, 0.25) is 0 Å². The molecule has 0 spiro atoms. The van der Waals surface area contributed by atoms with E-state index in [9.17, 15) is 9.18 Å². The highest BCUT2D eigenvalue weighted by Crippen LogP contribution is 2.33. The first-order valence-electron chi connectivity index (χ1n) is 12.4. The number of nitrogens with zero attached hydrogens (tertiary/aromatic N) is 1. The SMILES string of the molecule is Cl.O=C(NCCCCCCCCNc1c2c(nc3ccccc13)CCCC2)c1ccc(F)cc1. The molecule has 3 aromatic rings. The molecule has 0 fully saturated rings. The second kappa shape index (κ2) is 13.3. The molecule has 2 N–H and O–H groups in total. The average Bonchev–Trinajstić information content (AvgIpc) is 2.84. The third-order valence-corrected chi connectivity index (χ3v) is 6.47. The highest BCUT2D eigenvalue weighted by atomic mass is 35.5. The number of fused-ring (bicyclic) bond motifs is 2. The fraction of sp³-hybridized carbons (Fsp3) is 0.429. The summed E-state index contributed by atoms with van der Waals surface area (Å²) in [4.78, 5) is 16.9. The molecule has 4 nitrogen and oxygen atoms in total. The summed E-state index contributed by atoms with van der Waals surface area (Å²) in [7, 11) is 0. The van der Waals surface area contributed by atoms with Gasteiger partial charge >= 0.3 is 0 Å². The van der Waals surface area contributed by atoms with Crippen molar-refractivity contribution in [3.63, 3.8) is 0 Å². The van der Waals surface area contributed by atoms with Gasteiger partial charge in [-0.1, -0.05) is 43.9 Å². The maximum Gasteiger partial charge on any atom is 0.251 e. The fourth-order valence-corrected chi connectivity index (χ4v) is 4.65. The van der Waals surface area contributed by atoms with Gasteiger partial charge in [0.05, 0.1) is 5.52 Å². The third kappa shape index (κ3) is 6.92. The Hall–Kier alpha value is -2.66. The summed E-state index contributed by atoms with van der Waals surface area (Å²) in [5.74, 6) is -0.456. The number of halogens is 2. The Morgan fingerprint density at radius 2 is 1.53 bits per heavy atom. The van der Waals surface area contributed by atoms with Gasteiger partial charge in [0.1, 0.15) is 5.82 Å². The van der Waals surface area contributed by atoms with Crippen LogP contribution in [0.15, 0.2) is 48.5 Å². The minimum Gasteiger partial charge on any atom is -0.384 e. The lowest BCUT2D eigenvalue weighted by Gasteiger charge is -2.21. The standard InChI is InChI=1S/C28H34FN3O.ClH/c29-22-17-15-21(16-18-22)28(33)31-20-10-4-2-1-3-9-19-30-27-23-11-5-7-13-25(23)32-26-14-8-6-12-24(26)27;/h5,7,11,13,15-18H,1-4,6,8-10,12,14,19-20H2,(H,30,32)(H,31,33);1H. The fourth-order valence-electron chi connectivity index (χ4n) is 4.65. The predicted molar refractivity (Wildman–Crippen MR) is 141 cm³/mol. The summed E-state index contributed by atoms with van der Waals surface area (Å²) in [6, 6.07) is 14.2. The second-order valence-electron chi connectivity index (χ2n) is 8.95. The number of carbonyl (C=O) groups is 1. The van der Waals surface area contributed by atoms with Crippen LogP contribution in [0.5, 0.6) is 0 Å². The topological polar surface area (TPSA) is 54.0 Å². The third-order valence-electron chi connectivity index (χ3n) is 6.47. The van der Waals surface area contributed by atoms with Crippen LogP contribution in [0.3, 0.4) is 0 Å². The van der Waals surface area contributed by atoms with Crippen molar-refractivity contribution in [2.75, 3.05) is 18.4 Å². The van der Waals surface area contributed by atoms with Crippen molar-refractivity contribution < 1.29 is 9.18 Å². The number of aromatic nitrogens is 1. The van der Waals surface area contributed by atoms with Gasteiger partial charge in [-0.05, 0) is 74.4 Å². The highest BCUT2D eigenvalue weighted by Gasteiger charge is 2.17. The van der Waals surface area contributed by atoms with Crippen molar-refractivity contribution >= 4 is 34.9 Å². The molecule has 0 radical (unpaired) electrons.